The number of hydrogen-bond donors (Lipinski definition) is 3. The summed E-state index contributed by atoms with van der Waals surface area (Å²) in [7, 11) is -3.67. The third-order valence-corrected chi connectivity index (χ3v) is 5.92. The molecule has 3 N–H and O–H groups in total. The van der Waals surface area contributed by atoms with Gasteiger partial charge in [-0.05, 0) is 24.5 Å². The number of aliphatic carboxylic acids is 1. The maximum absolute atomic E-state index is 12.0. The Morgan fingerprint density at radius 3 is 2.57 bits per heavy atom. The Hall–Kier alpha value is -1.45. The molecule has 7 nitrogen and oxygen atoms in total. The van der Waals surface area contributed by atoms with Crippen LogP contribution in [0.4, 0.5) is 0 Å². The highest BCUT2D eigenvalue weighted by Crippen LogP contribution is 2.21. The second-order valence-corrected chi connectivity index (χ2v) is 8.62. The average molecular weight is 362 g/mol. The highest BCUT2D eigenvalue weighted by atomic mass is 32.2. The van der Waals surface area contributed by atoms with Gasteiger partial charge in [-0.2, -0.15) is 0 Å². The molecule has 1 heterocycles. The molecule has 0 atom stereocenters. The van der Waals surface area contributed by atoms with Crippen LogP contribution in [0, 0.1) is 5.92 Å². The van der Waals surface area contributed by atoms with E-state index in [9.17, 15) is 18.0 Å². The average Bonchev–Trinajstić information content (AvgIpc) is 2.86. The summed E-state index contributed by atoms with van der Waals surface area (Å²) in [4.78, 5) is 22.8. The molecule has 23 heavy (non-hydrogen) atoms. The van der Waals surface area contributed by atoms with Crippen LogP contribution in [0.3, 0.4) is 0 Å². The largest absolute Gasteiger partial charge is 0.481 e. The molecular formula is C14H22N2O5S2. The van der Waals surface area contributed by atoms with Crippen molar-refractivity contribution in [2.24, 2.45) is 5.92 Å². The number of amides is 1. The first-order valence-electron chi connectivity index (χ1n) is 7.27. The summed E-state index contributed by atoms with van der Waals surface area (Å²) in [5.41, 5.74) is 0. The van der Waals surface area contributed by atoms with Crippen molar-refractivity contribution in [2.75, 3.05) is 13.1 Å². The molecule has 130 valence electrons. The van der Waals surface area contributed by atoms with Crippen molar-refractivity contribution in [1.29, 1.82) is 0 Å². The summed E-state index contributed by atoms with van der Waals surface area (Å²) in [6, 6.07) is 3.18. The van der Waals surface area contributed by atoms with Crippen molar-refractivity contribution in [3.8, 4) is 0 Å². The van der Waals surface area contributed by atoms with Gasteiger partial charge in [-0.25, -0.2) is 13.1 Å². The Kier molecular flexibility index (Phi) is 7.66. The molecule has 1 amide bonds. The Morgan fingerprint density at radius 1 is 1.26 bits per heavy atom. The predicted octanol–water partition coefficient (Wildman–Crippen LogP) is 1.21. The molecule has 0 aliphatic rings. The van der Waals surface area contributed by atoms with Gasteiger partial charge >= 0.3 is 5.97 Å². The molecule has 0 radical (unpaired) electrons. The lowest BCUT2D eigenvalue weighted by atomic mass is 10.1. The van der Waals surface area contributed by atoms with Crippen LogP contribution in [0.25, 0.3) is 0 Å². The lowest BCUT2D eigenvalue weighted by Gasteiger charge is -2.06. The summed E-state index contributed by atoms with van der Waals surface area (Å²) in [6.45, 7) is 4.24. The Morgan fingerprint density at radius 2 is 1.96 bits per heavy atom. The number of thiophene rings is 1. The van der Waals surface area contributed by atoms with E-state index >= 15 is 0 Å². The first-order chi connectivity index (χ1) is 10.7. The van der Waals surface area contributed by atoms with Crippen molar-refractivity contribution in [3.63, 3.8) is 0 Å². The summed E-state index contributed by atoms with van der Waals surface area (Å²) >= 11 is 1.12. The van der Waals surface area contributed by atoms with Crippen LogP contribution in [-0.2, 0) is 26.0 Å². The Labute approximate surface area is 140 Å². The van der Waals surface area contributed by atoms with E-state index in [1.54, 1.807) is 6.07 Å². The highest BCUT2D eigenvalue weighted by molar-refractivity contribution is 7.91. The van der Waals surface area contributed by atoms with Gasteiger partial charge in [-0.15, -0.1) is 11.3 Å². The minimum absolute atomic E-state index is 0.0141. The van der Waals surface area contributed by atoms with Gasteiger partial charge in [0.1, 0.15) is 4.21 Å². The van der Waals surface area contributed by atoms with Crippen LogP contribution in [0.1, 0.15) is 31.6 Å². The lowest BCUT2D eigenvalue weighted by Crippen LogP contribution is -2.26. The summed E-state index contributed by atoms with van der Waals surface area (Å²) in [6.07, 6.45) is 0.760. The number of carboxylic acid groups (broad SMARTS) is 1. The molecule has 0 aliphatic carbocycles. The fourth-order valence-electron chi connectivity index (χ4n) is 1.77. The highest BCUT2D eigenvalue weighted by Gasteiger charge is 2.16. The van der Waals surface area contributed by atoms with E-state index in [1.165, 1.54) is 6.07 Å². The van der Waals surface area contributed by atoms with E-state index in [-0.39, 0.29) is 23.1 Å². The Balaban J connectivity index is 2.47. The van der Waals surface area contributed by atoms with E-state index in [4.69, 9.17) is 5.11 Å². The SMILES string of the molecule is CC(C)CC(=O)NCCc1ccc(S(=O)(=O)NCCC(=O)O)s1. The molecule has 1 aromatic heterocycles. The quantitative estimate of drug-likeness (QED) is 0.579. The molecule has 0 aromatic carbocycles. The van der Waals surface area contributed by atoms with Crippen LogP contribution in [-0.4, -0.2) is 38.5 Å². The van der Waals surface area contributed by atoms with E-state index < -0.39 is 16.0 Å². The van der Waals surface area contributed by atoms with Gasteiger partial charge in [0.15, 0.2) is 0 Å². The summed E-state index contributed by atoms with van der Waals surface area (Å²) < 4.78 is 26.3. The molecule has 1 aromatic rings. The number of carbonyl (C=O) groups excluding carboxylic acids is 1. The molecule has 0 saturated heterocycles. The van der Waals surface area contributed by atoms with Crippen molar-refractivity contribution in [3.05, 3.63) is 17.0 Å². The second kappa shape index (κ2) is 8.99. The van der Waals surface area contributed by atoms with E-state index in [1.807, 2.05) is 13.8 Å². The molecule has 9 heteroatoms. The minimum atomic E-state index is -3.67. The van der Waals surface area contributed by atoms with Crippen molar-refractivity contribution < 1.29 is 23.1 Å². The molecule has 0 saturated carbocycles. The van der Waals surface area contributed by atoms with Gasteiger partial charge in [0, 0.05) is 24.4 Å². The normalized spacial score (nSPS) is 11.6. The van der Waals surface area contributed by atoms with E-state index in [2.05, 4.69) is 10.0 Å². The van der Waals surface area contributed by atoms with E-state index in [0.29, 0.717) is 25.3 Å². The van der Waals surface area contributed by atoms with Crippen LogP contribution >= 0.6 is 11.3 Å². The second-order valence-electron chi connectivity index (χ2n) is 5.46. The predicted molar refractivity (Wildman–Crippen MR) is 87.9 cm³/mol. The molecule has 0 bridgehead atoms. The number of hydrogen-bond acceptors (Lipinski definition) is 5. The van der Waals surface area contributed by atoms with Gasteiger partial charge < -0.3 is 10.4 Å². The monoisotopic (exact) mass is 362 g/mol. The number of rotatable bonds is 10. The van der Waals surface area contributed by atoms with Gasteiger partial charge in [-0.1, -0.05) is 13.8 Å². The molecular weight excluding hydrogens is 340 g/mol. The van der Waals surface area contributed by atoms with Crippen LogP contribution in [0.5, 0.6) is 0 Å². The smallest absolute Gasteiger partial charge is 0.304 e. The molecule has 0 aliphatic heterocycles. The first-order valence-corrected chi connectivity index (χ1v) is 9.57. The lowest BCUT2D eigenvalue weighted by molar-refractivity contribution is -0.136. The first kappa shape index (κ1) is 19.6. The number of sulfonamides is 1. The van der Waals surface area contributed by atoms with Crippen molar-refractivity contribution >= 4 is 33.2 Å². The minimum Gasteiger partial charge on any atom is -0.481 e. The van der Waals surface area contributed by atoms with Crippen LogP contribution < -0.4 is 10.0 Å². The summed E-state index contributed by atoms with van der Waals surface area (Å²) in [5.74, 6) is -0.776. The number of carboxylic acids is 1. The fraction of sp³-hybridized carbons (Fsp3) is 0.571. The third-order valence-electron chi connectivity index (χ3n) is 2.82. The fourth-order valence-corrected chi connectivity index (χ4v) is 4.20. The van der Waals surface area contributed by atoms with Gasteiger partial charge in [0.05, 0.1) is 6.42 Å². The van der Waals surface area contributed by atoms with Gasteiger partial charge in [0.25, 0.3) is 0 Å². The molecule has 0 spiro atoms. The van der Waals surface area contributed by atoms with Gasteiger partial charge in [-0.3, -0.25) is 9.59 Å². The zero-order valence-electron chi connectivity index (χ0n) is 13.2. The molecule has 0 fully saturated rings. The van der Waals surface area contributed by atoms with Crippen molar-refractivity contribution in [2.45, 2.75) is 37.3 Å². The summed E-state index contributed by atoms with van der Waals surface area (Å²) in [5, 5.41) is 11.3. The van der Waals surface area contributed by atoms with Crippen LogP contribution in [0.2, 0.25) is 0 Å². The van der Waals surface area contributed by atoms with Crippen molar-refractivity contribution in [1.82, 2.24) is 10.0 Å². The standard InChI is InChI=1S/C14H22N2O5S2/c1-10(2)9-12(17)15-7-5-11-3-4-14(22-11)23(20,21)16-8-6-13(18)19/h3-4,10,16H,5-9H2,1-2H3,(H,15,17)(H,18,19). The number of nitrogens with one attached hydrogen (secondary N) is 2. The zero-order valence-corrected chi connectivity index (χ0v) is 14.8. The third kappa shape index (κ3) is 7.58. The number of carbonyl (C=O) groups is 2. The van der Waals surface area contributed by atoms with Gasteiger partial charge in [0.2, 0.25) is 15.9 Å². The maximum atomic E-state index is 12.0. The molecule has 0 unspecified atom stereocenters. The molecule has 1 rings (SSSR count). The zero-order chi connectivity index (χ0) is 17.5. The van der Waals surface area contributed by atoms with E-state index in [0.717, 1.165) is 16.2 Å². The Bertz CT molecular complexity index is 637. The van der Waals surface area contributed by atoms with Crippen LogP contribution in [0.15, 0.2) is 16.3 Å². The maximum Gasteiger partial charge on any atom is 0.304 e. The topological polar surface area (TPSA) is 113 Å².